The van der Waals surface area contributed by atoms with E-state index in [4.69, 9.17) is 10.5 Å². The minimum Gasteiger partial charge on any atom is -0.446 e. The van der Waals surface area contributed by atoms with Gasteiger partial charge >= 0.3 is 6.09 Å². The van der Waals surface area contributed by atoms with Gasteiger partial charge in [-0.3, -0.25) is 0 Å². The molecule has 86 valence electrons. The van der Waals surface area contributed by atoms with Crippen molar-refractivity contribution in [3.8, 4) is 0 Å². The Bertz CT molecular complexity index is 227. The van der Waals surface area contributed by atoms with Gasteiger partial charge in [0.15, 0.2) is 0 Å². The molecule has 0 aromatic carbocycles. The summed E-state index contributed by atoms with van der Waals surface area (Å²) in [6, 6.07) is 0.218. The average Bonchev–Trinajstić information content (AvgIpc) is 2.70. The van der Waals surface area contributed by atoms with Gasteiger partial charge in [-0.05, 0) is 38.5 Å². The summed E-state index contributed by atoms with van der Waals surface area (Å²) in [6.45, 7) is 1.72. The van der Waals surface area contributed by atoms with Crippen molar-refractivity contribution in [3.05, 3.63) is 0 Å². The minimum absolute atomic E-state index is 0.0573. The second-order valence-corrected chi connectivity index (χ2v) is 4.63. The van der Waals surface area contributed by atoms with Crippen LogP contribution in [0.5, 0.6) is 0 Å². The smallest absolute Gasteiger partial charge is 0.410 e. The molecule has 2 aliphatic rings. The largest absolute Gasteiger partial charge is 0.446 e. The number of nitrogens with two attached hydrogens (primary N) is 1. The number of nitrogens with zero attached hydrogens (tertiary/aromatic N) is 1. The average molecular weight is 212 g/mol. The molecular formula is C11H20N2O2. The van der Waals surface area contributed by atoms with Crippen molar-refractivity contribution in [3.63, 3.8) is 0 Å². The van der Waals surface area contributed by atoms with Crippen LogP contribution in [0.2, 0.25) is 0 Å². The van der Waals surface area contributed by atoms with E-state index in [-0.39, 0.29) is 18.2 Å². The van der Waals surface area contributed by atoms with Crippen LogP contribution in [0.1, 0.15) is 38.5 Å². The van der Waals surface area contributed by atoms with Gasteiger partial charge in [-0.25, -0.2) is 4.79 Å². The monoisotopic (exact) mass is 212 g/mol. The fourth-order valence-corrected chi connectivity index (χ4v) is 2.40. The summed E-state index contributed by atoms with van der Waals surface area (Å²) in [4.78, 5) is 13.5. The molecule has 2 rings (SSSR count). The Balaban J connectivity index is 1.77. The van der Waals surface area contributed by atoms with Crippen molar-refractivity contribution in [2.45, 2.75) is 50.7 Å². The molecule has 1 aliphatic heterocycles. The molecule has 1 aliphatic carbocycles. The van der Waals surface area contributed by atoms with Crippen LogP contribution in [0.15, 0.2) is 0 Å². The number of carbonyl (C=O) groups excluding carboxylic acids is 1. The van der Waals surface area contributed by atoms with Crippen LogP contribution >= 0.6 is 0 Å². The lowest BCUT2D eigenvalue weighted by molar-refractivity contribution is 0.0470. The van der Waals surface area contributed by atoms with Crippen LogP contribution in [-0.2, 0) is 4.74 Å². The molecule has 0 bridgehead atoms. The molecule has 4 heteroatoms. The topological polar surface area (TPSA) is 55.6 Å². The van der Waals surface area contributed by atoms with E-state index >= 15 is 0 Å². The third kappa shape index (κ3) is 2.84. The lowest BCUT2D eigenvalue weighted by Gasteiger charge is -2.28. The quantitative estimate of drug-likeness (QED) is 0.716. The van der Waals surface area contributed by atoms with Crippen molar-refractivity contribution < 1.29 is 9.53 Å². The highest BCUT2D eigenvalue weighted by Gasteiger charge is 2.26. The molecule has 0 spiro atoms. The Kier molecular flexibility index (Phi) is 3.46. The molecule has 15 heavy (non-hydrogen) atoms. The van der Waals surface area contributed by atoms with E-state index in [2.05, 4.69) is 0 Å². The fraction of sp³-hybridized carbons (Fsp3) is 0.909. The Hall–Kier alpha value is -0.770. The molecule has 1 heterocycles. The van der Waals surface area contributed by atoms with E-state index in [1.165, 1.54) is 0 Å². The number of amides is 1. The van der Waals surface area contributed by atoms with Gasteiger partial charge in [-0.1, -0.05) is 0 Å². The molecule has 1 saturated carbocycles. The molecule has 0 aromatic heterocycles. The highest BCUT2D eigenvalue weighted by atomic mass is 16.6. The van der Waals surface area contributed by atoms with Crippen LogP contribution < -0.4 is 5.73 Å². The molecule has 1 saturated heterocycles. The number of likely N-dealkylation sites (tertiary alicyclic amines) is 1. The summed E-state index contributed by atoms with van der Waals surface area (Å²) in [7, 11) is 0. The number of rotatable bonds is 1. The lowest BCUT2D eigenvalue weighted by atomic mass is 9.94. The number of hydrogen-bond donors (Lipinski definition) is 1. The van der Waals surface area contributed by atoms with E-state index in [1.54, 1.807) is 4.90 Å². The van der Waals surface area contributed by atoms with E-state index < -0.39 is 0 Å². The molecule has 2 fully saturated rings. The lowest BCUT2D eigenvalue weighted by Crippen LogP contribution is -2.37. The predicted octanol–water partition coefficient (Wildman–Crippen LogP) is 1.49. The van der Waals surface area contributed by atoms with Gasteiger partial charge in [0.25, 0.3) is 0 Å². The van der Waals surface area contributed by atoms with Crippen LogP contribution in [0.3, 0.4) is 0 Å². The first-order valence-corrected chi connectivity index (χ1v) is 5.97. The summed E-state index contributed by atoms with van der Waals surface area (Å²) in [5.74, 6) is 0. The van der Waals surface area contributed by atoms with Crippen LogP contribution in [-0.4, -0.2) is 36.2 Å². The van der Waals surface area contributed by atoms with Crippen molar-refractivity contribution in [2.24, 2.45) is 5.73 Å². The molecule has 2 unspecified atom stereocenters. The zero-order valence-electron chi connectivity index (χ0n) is 9.15. The number of carbonyl (C=O) groups is 1. The summed E-state index contributed by atoms with van der Waals surface area (Å²) in [5, 5.41) is 0. The van der Waals surface area contributed by atoms with Crippen LogP contribution in [0.4, 0.5) is 4.79 Å². The zero-order valence-corrected chi connectivity index (χ0v) is 9.15. The minimum atomic E-state index is -0.133. The second kappa shape index (κ2) is 4.84. The van der Waals surface area contributed by atoms with Gasteiger partial charge in [-0.2, -0.15) is 0 Å². The first kappa shape index (κ1) is 10.7. The molecule has 0 radical (unpaired) electrons. The Morgan fingerprint density at radius 3 is 2.60 bits per heavy atom. The Labute approximate surface area is 90.8 Å². The van der Waals surface area contributed by atoms with Gasteiger partial charge in [0, 0.05) is 19.1 Å². The van der Waals surface area contributed by atoms with Gasteiger partial charge in [0.1, 0.15) is 6.10 Å². The third-order valence-electron chi connectivity index (χ3n) is 3.30. The van der Waals surface area contributed by atoms with E-state index in [9.17, 15) is 4.79 Å². The Morgan fingerprint density at radius 1 is 1.20 bits per heavy atom. The maximum absolute atomic E-state index is 11.7. The van der Waals surface area contributed by atoms with Crippen LogP contribution in [0, 0.1) is 0 Å². The zero-order chi connectivity index (χ0) is 10.7. The fourth-order valence-electron chi connectivity index (χ4n) is 2.40. The normalized spacial score (nSPS) is 31.7. The maximum atomic E-state index is 11.7. The molecule has 4 nitrogen and oxygen atoms in total. The molecule has 2 N–H and O–H groups in total. The maximum Gasteiger partial charge on any atom is 0.410 e. The van der Waals surface area contributed by atoms with E-state index in [0.717, 1.165) is 51.6 Å². The number of hydrogen-bond acceptors (Lipinski definition) is 3. The molecule has 0 aromatic rings. The molecule has 2 atom stereocenters. The van der Waals surface area contributed by atoms with E-state index in [1.807, 2.05) is 0 Å². The standard InChI is InChI=1S/C11H20N2O2/c12-9-4-3-5-10(8-9)15-11(14)13-6-1-2-7-13/h9-10H,1-8,12H2. The third-order valence-corrected chi connectivity index (χ3v) is 3.30. The predicted molar refractivity (Wildman–Crippen MR) is 57.5 cm³/mol. The summed E-state index contributed by atoms with van der Waals surface area (Å²) >= 11 is 0. The first-order valence-electron chi connectivity index (χ1n) is 5.97. The summed E-state index contributed by atoms with van der Waals surface area (Å²) in [6.07, 6.45) is 6.11. The van der Waals surface area contributed by atoms with Gasteiger partial charge < -0.3 is 15.4 Å². The SMILES string of the molecule is NC1CCCC(OC(=O)N2CCCC2)C1. The number of ether oxygens (including phenoxy) is 1. The van der Waals surface area contributed by atoms with Crippen molar-refractivity contribution in [1.82, 2.24) is 4.90 Å². The van der Waals surface area contributed by atoms with Crippen molar-refractivity contribution >= 4 is 6.09 Å². The first-order chi connectivity index (χ1) is 7.25. The van der Waals surface area contributed by atoms with Gasteiger partial charge in [-0.15, -0.1) is 0 Å². The molecular weight excluding hydrogens is 192 g/mol. The highest BCUT2D eigenvalue weighted by molar-refractivity contribution is 5.68. The second-order valence-electron chi connectivity index (χ2n) is 4.63. The highest BCUT2D eigenvalue weighted by Crippen LogP contribution is 2.21. The summed E-state index contributed by atoms with van der Waals surface area (Å²) < 4.78 is 5.45. The van der Waals surface area contributed by atoms with E-state index in [0.29, 0.717) is 0 Å². The Morgan fingerprint density at radius 2 is 1.93 bits per heavy atom. The van der Waals surface area contributed by atoms with Crippen molar-refractivity contribution in [2.75, 3.05) is 13.1 Å². The van der Waals surface area contributed by atoms with Crippen LogP contribution in [0.25, 0.3) is 0 Å². The van der Waals surface area contributed by atoms with Gasteiger partial charge in [0.2, 0.25) is 0 Å². The molecule has 1 amide bonds. The van der Waals surface area contributed by atoms with Gasteiger partial charge in [0.05, 0.1) is 0 Å². The van der Waals surface area contributed by atoms with Crippen molar-refractivity contribution in [1.29, 1.82) is 0 Å². The summed E-state index contributed by atoms with van der Waals surface area (Å²) in [5.41, 5.74) is 5.85.